The Bertz CT molecular complexity index is 369. The molecule has 0 aliphatic rings. The van der Waals surface area contributed by atoms with Crippen molar-refractivity contribution in [2.75, 3.05) is 0 Å². The number of benzene rings is 1. The van der Waals surface area contributed by atoms with Gasteiger partial charge in [0.25, 0.3) is 6.43 Å². The van der Waals surface area contributed by atoms with Gasteiger partial charge in [0.15, 0.2) is 0 Å². The van der Waals surface area contributed by atoms with Crippen LogP contribution in [0.15, 0.2) is 24.3 Å². The molecule has 1 aromatic rings. The summed E-state index contributed by atoms with van der Waals surface area (Å²) in [5, 5.41) is 9.60. The summed E-state index contributed by atoms with van der Waals surface area (Å²) in [6.45, 7) is 7.22. The second-order valence-corrected chi connectivity index (χ2v) is 9.62. The maximum Gasteiger partial charge on any atom is 0.270 e. The number of aliphatic hydroxyl groups is 1. The first kappa shape index (κ1) is 14.1. The number of hydrogen-bond acceptors (Lipinski definition) is 2. The van der Waals surface area contributed by atoms with Crippen molar-refractivity contribution in [2.45, 2.75) is 38.6 Å². The van der Waals surface area contributed by atoms with Gasteiger partial charge in [0.2, 0.25) is 8.32 Å². The molecule has 1 N–H and O–H groups in total. The van der Waals surface area contributed by atoms with Gasteiger partial charge in [0.05, 0.1) is 0 Å². The molecule has 0 bridgehead atoms. The highest BCUT2D eigenvalue weighted by Crippen LogP contribution is 2.29. The van der Waals surface area contributed by atoms with Gasteiger partial charge in [-0.2, -0.15) is 0 Å². The fraction of sp³-hybridized carbons (Fsp3) is 0.500. The Kier molecular flexibility index (Phi) is 3.94. The summed E-state index contributed by atoms with van der Waals surface area (Å²) in [6, 6.07) is 6.18. The molecule has 0 aliphatic carbocycles. The predicted molar refractivity (Wildman–Crippen MR) is 66.0 cm³/mol. The van der Waals surface area contributed by atoms with E-state index >= 15 is 0 Å². The summed E-state index contributed by atoms with van der Waals surface area (Å²) in [5.74, 6) is 0.651. The smallest absolute Gasteiger partial charge is 0.270 e. The van der Waals surface area contributed by atoms with E-state index in [4.69, 9.17) is 4.43 Å². The molecule has 0 spiro atoms. The Balaban J connectivity index is 2.89. The Morgan fingerprint density at radius 3 is 2.00 bits per heavy atom. The van der Waals surface area contributed by atoms with E-state index in [0.29, 0.717) is 5.75 Å². The van der Waals surface area contributed by atoms with Gasteiger partial charge < -0.3 is 9.53 Å². The van der Waals surface area contributed by atoms with Crippen molar-refractivity contribution in [1.29, 1.82) is 0 Å². The van der Waals surface area contributed by atoms with Crippen LogP contribution in [0.2, 0.25) is 19.6 Å². The summed E-state index contributed by atoms with van der Waals surface area (Å²) in [4.78, 5) is 0. The molecule has 17 heavy (non-hydrogen) atoms. The highest BCUT2D eigenvalue weighted by molar-refractivity contribution is 6.70. The molecule has 1 unspecified atom stereocenters. The van der Waals surface area contributed by atoms with E-state index in [2.05, 4.69) is 0 Å². The number of hydrogen-bond donors (Lipinski definition) is 1. The molecule has 2 nitrogen and oxygen atoms in total. The van der Waals surface area contributed by atoms with Gasteiger partial charge in [-0.15, -0.1) is 0 Å². The molecule has 0 aliphatic heterocycles. The van der Waals surface area contributed by atoms with E-state index < -0.39 is 20.3 Å². The quantitative estimate of drug-likeness (QED) is 0.841. The van der Waals surface area contributed by atoms with Crippen LogP contribution in [0.3, 0.4) is 0 Å². The van der Waals surface area contributed by atoms with Gasteiger partial charge in [-0.3, -0.25) is 0 Å². The molecule has 1 atom stereocenters. The fourth-order valence-corrected chi connectivity index (χ4v) is 2.18. The lowest BCUT2D eigenvalue weighted by Gasteiger charge is -2.24. The molecule has 96 valence electrons. The lowest BCUT2D eigenvalue weighted by Crippen LogP contribution is -2.31. The topological polar surface area (TPSA) is 29.5 Å². The molecule has 0 heterocycles. The highest BCUT2D eigenvalue weighted by Gasteiger charge is 2.34. The first-order valence-electron chi connectivity index (χ1n) is 5.43. The van der Waals surface area contributed by atoms with Gasteiger partial charge in [0.1, 0.15) is 11.4 Å². The third-order valence-electron chi connectivity index (χ3n) is 2.29. The van der Waals surface area contributed by atoms with Gasteiger partial charge in [-0.05, 0) is 44.3 Å². The molecule has 0 saturated heterocycles. The van der Waals surface area contributed by atoms with Crippen LogP contribution in [-0.2, 0) is 5.60 Å². The van der Waals surface area contributed by atoms with Crippen LogP contribution in [0, 0.1) is 0 Å². The summed E-state index contributed by atoms with van der Waals surface area (Å²) in [5.41, 5.74) is -1.92. The van der Waals surface area contributed by atoms with Crippen LogP contribution < -0.4 is 4.43 Å². The van der Waals surface area contributed by atoms with Gasteiger partial charge in [-0.25, -0.2) is 8.78 Å². The minimum absolute atomic E-state index is 0.190. The van der Waals surface area contributed by atoms with Crippen LogP contribution >= 0.6 is 0 Å². The largest absolute Gasteiger partial charge is 0.544 e. The third kappa shape index (κ3) is 3.78. The normalized spacial score (nSPS) is 15.8. The number of alkyl halides is 2. The Hall–Kier alpha value is -0.943. The molecular formula is C12H18F2O2Si. The van der Waals surface area contributed by atoms with Crippen LogP contribution in [-0.4, -0.2) is 19.8 Å². The number of rotatable bonds is 4. The molecular weight excluding hydrogens is 242 g/mol. The zero-order chi connectivity index (χ0) is 13.3. The molecule has 0 amide bonds. The average Bonchev–Trinajstić information content (AvgIpc) is 2.15. The molecule has 1 aromatic carbocycles. The minimum Gasteiger partial charge on any atom is -0.544 e. The lowest BCUT2D eigenvalue weighted by molar-refractivity contribution is -0.0883. The highest BCUT2D eigenvalue weighted by atomic mass is 28.4. The molecule has 0 radical (unpaired) electrons. The van der Waals surface area contributed by atoms with Crippen molar-refractivity contribution in [3.05, 3.63) is 29.8 Å². The summed E-state index contributed by atoms with van der Waals surface area (Å²) >= 11 is 0. The molecule has 0 aromatic heterocycles. The van der Waals surface area contributed by atoms with E-state index in [1.807, 2.05) is 19.6 Å². The zero-order valence-corrected chi connectivity index (χ0v) is 11.5. The van der Waals surface area contributed by atoms with E-state index in [1.165, 1.54) is 12.1 Å². The monoisotopic (exact) mass is 260 g/mol. The van der Waals surface area contributed by atoms with Crippen LogP contribution in [0.5, 0.6) is 5.75 Å². The molecule has 1 rings (SSSR count). The molecule has 0 saturated carbocycles. The first-order valence-corrected chi connectivity index (χ1v) is 8.84. The summed E-state index contributed by atoms with van der Waals surface area (Å²) in [7, 11) is -1.69. The van der Waals surface area contributed by atoms with Crippen molar-refractivity contribution in [3.8, 4) is 5.75 Å². The molecule has 5 heteroatoms. The maximum absolute atomic E-state index is 12.6. The van der Waals surface area contributed by atoms with Gasteiger partial charge in [-0.1, -0.05) is 12.1 Å². The second kappa shape index (κ2) is 4.74. The van der Waals surface area contributed by atoms with Crippen molar-refractivity contribution >= 4 is 8.32 Å². The average molecular weight is 260 g/mol. The van der Waals surface area contributed by atoms with E-state index in [9.17, 15) is 13.9 Å². The number of halogens is 2. The van der Waals surface area contributed by atoms with E-state index in [-0.39, 0.29) is 5.56 Å². The van der Waals surface area contributed by atoms with Crippen molar-refractivity contribution in [2.24, 2.45) is 0 Å². The third-order valence-corrected chi connectivity index (χ3v) is 3.14. The Labute approximate surface area is 101 Å². The Morgan fingerprint density at radius 1 is 1.18 bits per heavy atom. The second-order valence-electron chi connectivity index (χ2n) is 5.19. The van der Waals surface area contributed by atoms with Crippen LogP contribution in [0.4, 0.5) is 8.78 Å². The molecule has 0 fully saturated rings. The SMILES string of the molecule is CC(O)(c1ccc(O[Si](C)(C)C)cc1)C(F)F. The summed E-state index contributed by atoms with van der Waals surface area (Å²) in [6.07, 6.45) is -2.81. The standard InChI is InChI=1S/C12H18F2O2Si/c1-12(15,11(13)14)9-5-7-10(8-6-9)16-17(2,3)4/h5-8,11,15H,1-4H3. The van der Waals surface area contributed by atoms with Gasteiger partial charge in [0, 0.05) is 0 Å². The van der Waals surface area contributed by atoms with Crippen LogP contribution in [0.25, 0.3) is 0 Å². The van der Waals surface area contributed by atoms with Gasteiger partial charge >= 0.3 is 0 Å². The van der Waals surface area contributed by atoms with E-state index in [1.54, 1.807) is 12.1 Å². The van der Waals surface area contributed by atoms with Crippen molar-refractivity contribution in [1.82, 2.24) is 0 Å². The summed E-state index contributed by atoms with van der Waals surface area (Å²) < 4.78 is 30.9. The first-order chi connectivity index (χ1) is 7.63. The minimum atomic E-state index is -2.81. The predicted octanol–water partition coefficient (Wildman–Crippen LogP) is 3.37. The maximum atomic E-state index is 12.6. The lowest BCUT2D eigenvalue weighted by atomic mass is 9.97. The van der Waals surface area contributed by atoms with E-state index in [0.717, 1.165) is 6.92 Å². The fourth-order valence-electron chi connectivity index (χ4n) is 1.34. The van der Waals surface area contributed by atoms with Crippen LogP contribution in [0.1, 0.15) is 12.5 Å². The van der Waals surface area contributed by atoms with Crippen molar-refractivity contribution < 1.29 is 18.3 Å². The Morgan fingerprint density at radius 2 is 1.65 bits per heavy atom. The zero-order valence-electron chi connectivity index (χ0n) is 10.5. The van der Waals surface area contributed by atoms with Crippen molar-refractivity contribution in [3.63, 3.8) is 0 Å².